The summed E-state index contributed by atoms with van der Waals surface area (Å²) in [5.74, 6) is 0. The Morgan fingerprint density at radius 2 is 1.86 bits per heavy atom. The van der Waals surface area contributed by atoms with Crippen molar-refractivity contribution in [3.63, 3.8) is 0 Å². The van der Waals surface area contributed by atoms with Crippen LogP contribution in [0.4, 0.5) is 0 Å². The van der Waals surface area contributed by atoms with E-state index in [1.54, 1.807) is 0 Å². The Balaban J connectivity index is 2.35. The maximum absolute atomic E-state index is 3.94. The van der Waals surface area contributed by atoms with Gasteiger partial charge in [0.15, 0.2) is 0 Å². The van der Waals surface area contributed by atoms with Crippen LogP contribution in [0.15, 0.2) is 12.7 Å². The predicted octanol–water partition coefficient (Wildman–Crippen LogP) is 3.61. The first-order chi connectivity index (χ1) is 6.53. The molecule has 0 bridgehead atoms. The Hall–Kier alpha value is -0.300. The van der Waals surface area contributed by atoms with Gasteiger partial charge in [-0.1, -0.05) is 38.7 Å². The molecule has 1 aliphatic heterocycles. The molecule has 1 fully saturated rings. The number of nitrogens with zero attached hydrogens (tertiary/aromatic N) is 1. The Morgan fingerprint density at radius 1 is 1.21 bits per heavy atom. The van der Waals surface area contributed by atoms with Gasteiger partial charge in [-0.3, -0.25) is 4.90 Å². The van der Waals surface area contributed by atoms with E-state index in [1.165, 1.54) is 32.1 Å². The molecule has 1 saturated heterocycles. The average Bonchev–Trinajstić information content (AvgIpc) is 2.61. The van der Waals surface area contributed by atoms with E-state index in [0.29, 0.717) is 5.54 Å². The van der Waals surface area contributed by atoms with Gasteiger partial charge in [-0.25, -0.2) is 0 Å². The lowest BCUT2D eigenvalue weighted by molar-refractivity contribution is 0.443. The van der Waals surface area contributed by atoms with Crippen molar-refractivity contribution in [3.05, 3.63) is 12.7 Å². The first-order valence-corrected chi connectivity index (χ1v) is 5.90. The van der Waals surface area contributed by atoms with Crippen molar-refractivity contribution >= 4 is 0 Å². The van der Waals surface area contributed by atoms with Crippen molar-refractivity contribution in [1.29, 1.82) is 0 Å². The number of likely N-dealkylation sites (N-methyl/N-ethyl adjacent to an activating group) is 1. The van der Waals surface area contributed by atoms with Crippen LogP contribution < -0.4 is 0 Å². The third-order valence-electron chi connectivity index (χ3n) is 4.39. The van der Waals surface area contributed by atoms with Crippen molar-refractivity contribution in [1.82, 2.24) is 4.90 Å². The van der Waals surface area contributed by atoms with Gasteiger partial charge in [0.2, 0.25) is 0 Å². The van der Waals surface area contributed by atoms with Gasteiger partial charge >= 0.3 is 0 Å². The third-order valence-corrected chi connectivity index (χ3v) is 4.39. The zero-order chi connectivity index (χ0) is 10.8. The molecular formula is C13H25N. The molecule has 0 radical (unpaired) electrons. The third kappa shape index (κ3) is 1.63. The van der Waals surface area contributed by atoms with Gasteiger partial charge in [-0.15, -0.1) is 6.58 Å². The highest BCUT2D eigenvalue weighted by atomic mass is 15.4. The Labute approximate surface area is 89.2 Å². The van der Waals surface area contributed by atoms with Crippen molar-refractivity contribution in [2.75, 3.05) is 7.05 Å². The fraction of sp³-hybridized carbons (Fsp3) is 0.846. The van der Waals surface area contributed by atoms with E-state index in [-0.39, 0.29) is 5.54 Å². The molecule has 0 aromatic carbocycles. The summed E-state index contributed by atoms with van der Waals surface area (Å²) >= 11 is 0. The molecular weight excluding hydrogens is 170 g/mol. The molecule has 82 valence electrons. The Kier molecular flexibility index (Phi) is 3.41. The fourth-order valence-electron chi connectivity index (χ4n) is 2.58. The minimum absolute atomic E-state index is 0.249. The molecule has 0 aromatic rings. The van der Waals surface area contributed by atoms with Crippen LogP contribution in [0.2, 0.25) is 0 Å². The average molecular weight is 195 g/mol. The molecule has 1 rings (SSSR count). The first kappa shape index (κ1) is 11.8. The van der Waals surface area contributed by atoms with Crippen LogP contribution in [0, 0.1) is 0 Å². The van der Waals surface area contributed by atoms with Crippen molar-refractivity contribution < 1.29 is 0 Å². The molecule has 3 unspecified atom stereocenters. The van der Waals surface area contributed by atoms with E-state index in [9.17, 15) is 0 Å². The molecule has 0 amide bonds. The Bertz CT molecular complexity index is 211. The Morgan fingerprint density at radius 3 is 2.29 bits per heavy atom. The zero-order valence-corrected chi connectivity index (χ0v) is 10.3. The van der Waals surface area contributed by atoms with Crippen LogP contribution in [0.3, 0.4) is 0 Å². The summed E-state index contributed by atoms with van der Waals surface area (Å²) in [6.45, 7) is 10.9. The molecule has 0 aliphatic carbocycles. The SMILES string of the molecule is C=CC1(C)N(C)C1(C)CCCCCC. The molecule has 0 aromatic heterocycles. The highest BCUT2D eigenvalue weighted by molar-refractivity contribution is 5.30. The molecule has 0 spiro atoms. The second-order valence-corrected chi connectivity index (χ2v) is 5.00. The van der Waals surface area contributed by atoms with Gasteiger partial charge < -0.3 is 0 Å². The molecule has 1 heterocycles. The van der Waals surface area contributed by atoms with E-state index < -0.39 is 0 Å². The summed E-state index contributed by atoms with van der Waals surface area (Å²) in [7, 11) is 2.21. The smallest absolute Gasteiger partial charge is 0.0545 e. The summed E-state index contributed by atoms with van der Waals surface area (Å²) < 4.78 is 0. The van der Waals surface area contributed by atoms with Crippen molar-refractivity contribution in [3.8, 4) is 0 Å². The lowest BCUT2D eigenvalue weighted by Crippen LogP contribution is -2.17. The van der Waals surface area contributed by atoms with E-state index in [2.05, 4.69) is 45.4 Å². The monoisotopic (exact) mass is 195 g/mol. The molecule has 0 saturated carbocycles. The summed E-state index contributed by atoms with van der Waals surface area (Å²) in [6.07, 6.45) is 8.86. The molecule has 3 atom stereocenters. The zero-order valence-electron chi connectivity index (χ0n) is 10.3. The van der Waals surface area contributed by atoms with Crippen LogP contribution in [0.5, 0.6) is 0 Å². The largest absolute Gasteiger partial charge is 0.288 e. The lowest BCUT2D eigenvalue weighted by atomic mass is 9.91. The second kappa shape index (κ2) is 4.06. The van der Waals surface area contributed by atoms with Crippen LogP contribution in [0.25, 0.3) is 0 Å². The summed E-state index contributed by atoms with van der Waals surface area (Å²) in [6, 6.07) is 0. The van der Waals surface area contributed by atoms with Crippen LogP contribution in [-0.4, -0.2) is 23.0 Å². The van der Waals surface area contributed by atoms with Gasteiger partial charge in [0.1, 0.15) is 0 Å². The van der Waals surface area contributed by atoms with E-state index in [1.807, 2.05) is 0 Å². The van der Waals surface area contributed by atoms with Gasteiger partial charge in [-0.05, 0) is 27.3 Å². The molecule has 1 aliphatic rings. The normalized spacial score (nSPS) is 41.0. The number of rotatable bonds is 6. The second-order valence-electron chi connectivity index (χ2n) is 5.00. The number of hydrogen-bond acceptors (Lipinski definition) is 1. The minimum atomic E-state index is 0.249. The van der Waals surface area contributed by atoms with Gasteiger partial charge in [0.25, 0.3) is 0 Å². The van der Waals surface area contributed by atoms with Crippen LogP contribution >= 0.6 is 0 Å². The maximum Gasteiger partial charge on any atom is 0.0545 e. The van der Waals surface area contributed by atoms with Crippen LogP contribution in [-0.2, 0) is 0 Å². The number of unbranched alkanes of at least 4 members (excludes halogenated alkanes) is 3. The predicted molar refractivity (Wildman–Crippen MR) is 63.5 cm³/mol. The topological polar surface area (TPSA) is 3.01 Å². The highest BCUT2D eigenvalue weighted by Gasteiger charge is 2.64. The summed E-state index contributed by atoms with van der Waals surface area (Å²) in [5, 5.41) is 0. The van der Waals surface area contributed by atoms with Gasteiger partial charge in [0, 0.05) is 5.54 Å². The van der Waals surface area contributed by atoms with Crippen LogP contribution in [0.1, 0.15) is 52.9 Å². The summed E-state index contributed by atoms with van der Waals surface area (Å²) in [5.41, 5.74) is 0.627. The quantitative estimate of drug-likeness (QED) is 0.355. The standard InChI is InChI=1S/C13H25N/c1-6-8-9-10-11-13(4)12(3,7-2)14(13)5/h7H,2,6,8-11H2,1,3-5H3. The minimum Gasteiger partial charge on any atom is -0.288 e. The first-order valence-electron chi connectivity index (χ1n) is 5.90. The fourth-order valence-corrected chi connectivity index (χ4v) is 2.58. The van der Waals surface area contributed by atoms with Gasteiger partial charge in [0.05, 0.1) is 5.54 Å². The molecule has 14 heavy (non-hydrogen) atoms. The van der Waals surface area contributed by atoms with Crippen molar-refractivity contribution in [2.45, 2.75) is 64.0 Å². The highest BCUT2D eigenvalue weighted by Crippen LogP contribution is 2.53. The molecule has 1 nitrogen and oxygen atoms in total. The number of hydrogen-bond donors (Lipinski definition) is 0. The van der Waals surface area contributed by atoms with E-state index >= 15 is 0 Å². The van der Waals surface area contributed by atoms with Gasteiger partial charge in [-0.2, -0.15) is 0 Å². The maximum atomic E-state index is 3.94. The summed E-state index contributed by atoms with van der Waals surface area (Å²) in [4.78, 5) is 2.44. The van der Waals surface area contributed by atoms with Crippen molar-refractivity contribution in [2.24, 2.45) is 0 Å². The molecule has 0 N–H and O–H groups in total. The van der Waals surface area contributed by atoms with E-state index in [0.717, 1.165) is 0 Å². The lowest BCUT2D eigenvalue weighted by Gasteiger charge is -2.11. The molecule has 1 heteroatoms. The van der Waals surface area contributed by atoms with E-state index in [4.69, 9.17) is 0 Å².